The molecule has 4 atom stereocenters. The summed E-state index contributed by atoms with van der Waals surface area (Å²) < 4.78 is 11.1. The van der Waals surface area contributed by atoms with Gasteiger partial charge in [-0.25, -0.2) is 0 Å². The Hall–Kier alpha value is -4.69. The summed E-state index contributed by atoms with van der Waals surface area (Å²) in [5, 5.41) is 4.93. The first-order valence-electron chi connectivity index (χ1n) is 14.1. The fourth-order valence-electron chi connectivity index (χ4n) is 7.28. The molecule has 1 saturated heterocycles. The molecule has 3 aromatic carbocycles. The summed E-state index contributed by atoms with van der Waals surface area (Å²) in [4.78, 5) is 47.0. The number of hydrogen-bond donors (Lipinski definition) is 1. The maximum absolute atomic E-state index is 15.2. The number of nitrogens with zero attached hydrogens (tertiary/aromatic N) is 1. The van der Waals surface area contributed by atoms with Gasteiger partial charge in [0.1, 0.15) is 23.0 Å². The highest BCUT2D eigenvalue weighted by Gasteiger charge is 2.70. The number of nitrogens with one attached hydrogen (secondary N) is 1. The van der Waals surface area contributed by atoms with Crippen LogP contribution in [0.15, 0.2) is 84.3 Å². The highest BCUT2D eigenvalue weighted by atomic mass is 32.1. The molecule has 0 bridgehead atoms. The normalized spacial score (nSPS) is 23.3. The van der Waals surface area contributed by atoms with Crippen molar-refractivity contribution < 1.29 is 23.9 Å². The minimum atomic E-state index is -1.40. The van der Waals surface area contributed by atoms with Crippen LogP contribution < -0.4 is 19.7 Å². The number of para-hydroxylation sites is 1. The molecule has 1 amide bonds. The van der Waals surface area contributed by atoms with Crippen LogP contribution in [0.3, 0.4) is 0 Å². The van der Waals surface area contributed by atoms with Gasteiger partial charge < -0.3 is 19.7 Å². The van der Waals surface area contributed by atoms with Gasteiger partial charge in [0.25, 0.3) is 0 Å². The number of fused-ring (bicyclic) bond motifs is 6. The van der Waals surface area contributed by atoms with E-state index in [1.54, 1.807) is 24.3 Å². The molecule has 1 aromatic heterocycles. The van der Waals surface area contributed by atoms with E-state index in [9.17, 15) is 9.59 Å². The van der Waals surface area contributed by atoms with E-state index in [1.165, 1.54) is 25.6 Å². The molecular weight excluding hydrogens is 560 g/mol. The van der Waals surface area contributed by atoms with Crippen molar-refractivity contribution in [3.05, 3.63) is 111 Å². The topological polar surface area (TPSA) is 84.9 Å². The second-order valence-electron chi connectivity index (χ2n) is 11.3. The van der Waals surface area contributed by atoms with Crippen molar-refractivity contribution in [3.8, 4) is 11.5 Å². The fourth-order valence-corrected chi connectivity index (χ4v) is 7.98. The number of hydrogen-bond acceptors (Lipinski definition) is 7. The Morgan fingerprint density at radius 3 is 2.49 bits per heavy atom. The Kier molecular flexibility index (Phi) is 6.29. The number of rotatable bonds is 6. The van der Waals surface area contributed by atoms with Crippen molar-refractivity contribution in [1.29, 1.82) is 0 Å². The number of anilines is 2. The molecule has 3 aliphatic heterocycles. The number of carbonyl (C=O) groups excluding carboxylic acids is 3. The summed E-state index contributed by atoms with van der Waals surface area (Å²) in [5.74, 6) is -1.12. The molecule has 0 saturated carbocycles. The maximum Gasteiger partial charge on any atom is 0.238 e. The summed E-state index contributed by atoms with van der Waals surface area (Å²) >= 11 is 1.33. The molecule has 8 heteroatoms. The van der Waals surface area contributed by atoms with E-state index in [1.807, 2.05) is 66.6 Å². The second-order valence-corrected chi connectivity index (χ2v) is 12.2. The smallest absolute Gasteiger partial charge is 0.238 e. The highest BCUT2D eigenvalue weighted by molar-refractivity contribution is 7.12. The van der Waals surface area contributed by atoms with Crippen LogP contribution in [0.5, 0.6) is 11.5 Å². The fraction of sp³-hybridized carbons (Fsp3) is 0.229. The first-order chi connectivity index (χ1) is 20.8. The average Bonchev–Trinajstić information content (AvgIpc) is 3.73. The Bertz CT molecular complexity index is 1840. The number of Topliss-reactive ketones (excluding diaryl/α,β-unsaturated/α-hetero) is 2. The van der Waals surface area contributed by atoms with Crippen LogP contribution in [0.1, 0.15) is 43.6 Å². The minimum absolute atomic E-state index is 0.200. The third-order valence-corrected chi connectivity index (χ3v) is 10.0. The van der Waals surface area contributed by atoms with Crippen molar-refractivity contribution in [2.45, 2.75) is 31.3 Å². The largest absolute Gasteiger partial charge is 0.497 e. The van der Waals surface area contributed by atoms with E-state index >= 15 is 4.79 Å². The van der Waals surface area contributed by atoms with Crippen molar-refractivity contribution in [1.82, 2.24) is 0 Å². The number of allylic oxidation sites excluding steroid dienone is 1. The molecule has 1 spiro atoms. The van der Waals surface area contributed by atoms with Gasteiger partial charge in [-0.15, -0.1) is 11.3 Å². The summed E-state index contributed by atoms with van der Waals surface area (Å²) in [6.45, 7) is 4.06. The third-order valence-electron chi connectivity index (χ3n) is 9.12. The minimum Gasteiger partial charge on any atom is -0.497 e. The van der Waals surface area contributed by atoms with Gasteiger partial charge in [0.2, 0.25) is 5.91 Å². The molecule has 3 aliphatic rings. The molecule has 0 unspecified atom stereocenters. The summed E-state index contributed by atoms with van der Waals surface area (Å²) in [6, 6.07) is 20.7. The van der Waals surface area contributed by atoms with Crippen LogP contribution >= 0.6 is 11.3 Å². The lowest BCUT2D eigenvalue weighted by Crippen LogP contribution is -2.51. The number of ketones is 2. The molecule has 1 fully saturated rings. The SMILES string of the molecule is COc1ccc(OC)c(C(=O)[C@@H]2[C@H](C(=O)c3cccs3)N3c4ccc(C)cc4C(C)=C[C@H]3[C@]23C(=O)Nc2ccccc23)c1. The number of methoxy groups -OCH3 is 2. The zero-order chi connectivity index (χ0) is 30.0. The molecule has 7 rings (SSSR count). The molecule has 0 aliphatic carbocycles. The van der Waals surface area contributed by atoms with Gasteiger partial charge >= 0.3 is 0 Å². The van der Waals surface area contributed by atoms with Crippen LogP contribution in [0.2, 0.25) is 0 Å². The molecule has 7 nitrogen and oxygen atoms in total. The van der Waals surface area contributed by atoms with E-state index in [4.69, 9.17) is 9.47 Å². The van der Waals surface area contributed by atoms with Crippen molar-refractivity contribution in [2.24, 2.45) is 5.92 Å². The second kappa shape index (κ2) is 9.95. The number of carbonyl (C=O) groups is 3. The lowest BCUT2D eigenvalue weighted by Gasteiger charge is -2.39. The number of benzene rings is 3. The van der Waals surface area contributed by atoms with Gasteiger partial charge in [0.05, 0.1) is 36.6 Å². The number of ether oxygens (including phenoxy) is 2. The van der Waals surface area contributed by atoms with E-state index < -0.39 is 23.4 Å². The molecule has 4 heterocycles. The molecule has 0 radical (unpaired) electrons. The molecular formula is C35H30N2O5S. The Balaban J connectivity index is 1.57. The van der Waals surface area contributed by atoms with Gasteiger partial charge in [-0.1, -0.05) is 42.0 Å². The van der Waals surface area contributed by atoms with E-state index in [0.29, 0.717) is 27.6 Å². The van der Waals surface area contributed by atoms with Gasteiger partial charge in [0.15, 0.2) is 11.6 Å². The van der Waals surface area contributed by atoms with Crippen LogP contribution in [-0.4, -0.2) is 43.8 Å². The van der Waals surface area contributed by atoms with Crippen molar-refractivity contribution in [2.75, 3.05) is 24.4 Å². The molecule has 4 aromatic rings. The maximum atomic E-state index is 15.2. The Morgan fingerprint density at radius 1 is 0.930 bits per heavy atom. The van der Waals surface area contributed by atoms with E-state index in [0.717, 1.165) is 22.4 Å². The third kappa shape index (κ3) is 3.75. The summed E-state index contributed by atoms with van der Waals surface area (Å²) in [5.41, 5.74) is 4.09. The number of thiophene rings is 1. The van der Waals surface area contributed by atoms with Crippen molar-refractivity contribution >= 4 is 45.8 Å². The predicted molar refractivity (Wildman–Crippen MR) is 168 cm³/mol. The predicted octanol–water partition coefficient (Wildman–Crippen LogP) is 6.32. The first-order valence-corrected chi connectivity index (χ1v) is 15.0. The van der Waals surface area contributed by atoms with Gasteiger partial charge in [-0.2, -0.15) is 0 Å². The van der Waals surface area contributed by atoms with Gasteiger partial charge in [0, 0.05) is 16.9 Å². The quantitative estimate of drug-likeness (QED) is 0.265. The molecule has 216 valence electrons. The zero-order valence-electron chi connectivity index (χ0n) is 24.2. The highest BCUT2D eigenvalue weighted by Crippen LogP contribution is 2.59. The number of aryl methyl sites for hydroxylation is 1. The van der Waals surface area contributed by atoms with Gasteiger partial charge in [-0.05, 0) is 72.8 Å². The van der Waals surface area contributed by atoms with Crippen LogP contribution in [0.25, 0.3) is 5.57 Å². The average molecular weight is 591 g/mol. The standard InChI is InChI=1S/C35H30N2O5S/c1-19-11-13-26-22(16-19)20(2)17-29-35(24-8-5-6-9-25(24)36-34(35)40)30(31(37(26)29)33(39)28-10-7-15-43-28)32(38)23-18-21(41-3)12-14-27(23)42-4/h5-18,29-31H,1-4H3,(H,36,40)/t29-,30-,31+,35-/m0/s1. The van der Waals surface area contributed by atoms with E-state index in [2.05, 4.69) is 17.5 Å². The van der Waals surface area contributed by atoms with Crippen LogP contribution in [-0.2, 0) is 10.2 Å². The van der Waals surface area contributed by atoms with Crippen LogP contribution in [0.4, 0.5) is 11.4 Å². The molecule has 43 heavy (non-hydrogen) atoms. The lowest BCUT2D eigenvalue weighted by atomic mass is 9.64. The van der Waals surface area contributed by atoms with Crippen molar-refractivity contribution in [3.63, 3.8) is 0 Å². The molecule has 1 N–H and O–H groups in total. The Morgan fingerprint density at radius 2 is 1.74 bits per heavy atom. The first kappa shape index (κ1) is 27.2. The summed E-state index contributed by atoms with van der Waals surface area (Å²) in [6.07, 6.45) is 2.06. The lowest BCUT2D eigenvalue weighted by molar-refractivity contribution is -0.121. The van der Waals surface area contributed by atoms with Crippen LogP contribution in [0, 0.1) is 12.8 Å². The zero-order valence-corrected chi connectivity index (χ0v) is 25.0. The van der Waals surface area contributed by atoms with E-state index in [-0.39, 0.29) is 23.0 Å². The Labute approximate surface area is 253 Å². The van der Waals surface area contributed by atoms with Gasteiger partial charge in [-0.3, -0.25) is 14.4 Å². The summed E-state index contributed by atoms with van der Waals surface area (Å²) in [7, 11) is 3.03. The number of amides is 1. The monoisotopic (exact) mass is 590 g/mol.